The van der Waals surface area contributed by atoms with Crippen molar-refractivity contribution in [3.05, 3.63) is 35.5 Å². The summed E-state index contributed by atoms with van der Waals surface area (Å²) in [6.45, 7) is 14.5. The maximum absolute atomic E-state index is 12.9. The minimum absolute atomic E-state index is 0.0987. The summed E-state index contributed by atoms with van der Waals surface area (Å²) >= 11 is 0. The molecule has 1 saturated heterocycles. The van der Waals surface area contributed by atoms with E-state index in [2.05, 4.69) is 39.3 Å². The maximum atomic E-state index is 12.9. The van der Waals surface area contributed by atoms with Gasteiger partial charge in [-0.15, -0.1) is 0 Å². The fourth-order valence-electron chi connectivity index (χ4n) is 4.24. The molecule has 1 amide bonds. The molecular weight excluding hydrogens is 402 g/mol. The van der Waals surface area contributed by atoms with Crippen molar-refractivity contribution in [2.45, 2.75) is 64.8 Å². The Balaban J connectivity index is 1.91. The van der Waals surface area contributed by atoms with E-state index in [1.807, 2.05) is 31.2 Å². The number of carboxylic acid groups (broad SMARTS) is 1. The van der Waals surface area contributed by atoms with Crippen LogP contribution in [0.1, 0.15) is 18.9 Å². The number of benzene rings is 1. The predicted octanol–water partition coefficient (Wildman–Crippen LogP) is 4.17. The van der Waals surface area contributed by atoms with Gasteiger partial charge in [-0.2, -0.15) is 0 Å². The highest BCUT2D eigenvalue weighted by Gasteiger charge is 2.57. The summed E-state index contributed by atoms with van der Waals surface area (Å²) in [6, 6.07) is 7.40. The van der Waals surface area contributed by atoms with E-state index < -0.39 is 22.6 Å². The van der Waals surface area contributed by atoms with Gasteiger partial charge < -0.3 is 18.9 Å². The molecule has 0 aromatic heterocycles. The third kappa shape index (κ3) is 4.49. The van der Waals surface area contributed by atoms with E-state index >= 15 is 0 Å². The molecule has 8 heteroatoms. The van der Waals surface area contributed by atoms with Crippen molar-refractivity contribution in [3.8, 4) is 5.75 Å². The van der Waals surface area contributed by atoms with Gasteiger partial charge >= 0.3 is 5.97 Å². The smallest absolute Gasteiger partial charge is 0.352 e. The molecule has 0 unspecified atom stereocenters. The van der Waals surface area contributed by atoms with Crippen LogP contribution < -0.4 is 4.43 Å². The van der Waals surface area contributed by atoms with Gasteiger partial charge in [0.2, 0.25) is 14.2 Å². The molecule has 6 nitrogen and oxygen atoms in total. The van der Waals surface area contributed by atoms with E-state index in [9.17, 15) is 14.7 Å². The molecule has 1 N–H and O–H groups in total. The molecule has 0 aliphatic carbocycles. The van der Waals surface area contributed by atoms with Crippen molar-refractivity contribution in [1.29, 1.82) is 0 Å². The van der Waals surface area contributed by atoms with Gasteiger partial charge in [-0.3, -0.25) is 4.79 Å². The Bertz CT molecular complexity index is 869. The second kappa shape index (κ2) is 7.41. The molecule has 3 rings (SSSR count). The van der Waals surface area contributed by atoms with Crippen LogP contribution in [-0.4, -0.2) is 50.7 Å². The lowest BCUT2D eigenvalue weighted by atomic mass is 9.82. The molecule has 158 valence electrons. The molecule has 29 heavy (non-hydrogen) atoms. The second-order valence-corrected chi connectivity index (χ2v) is 18.7. The van der Waals surface area contributed by atoms with Crippen molar-refractivity contribution in [2.75, 3.05) is 0 Å². The summed E-state index contributed by atoms with van der Waals surface area (Å²) in [5.41, 5.74) is 1.60. The minimum Gasteiger partial charge on any atom is -0.544 e. The van der Waals surface area contributed by atoms with Crippen LogP contribution >= 0.6 is 0 Å². The highest BCUT2D eigenvalue weighted by atomic mass is 28.4. The van der Waals surface area contributed by atoms with E-state index in [4.69, 9.17) is 8.85 Å². The normalized spacial score (nSPS) is 23.0. The minimum atomic E-state index is -1.80. The van der Waals surface area contributed by atoms with Crippen molar-refractivity contribution >= 4 is 34.1 Å². The number of carbonyl (C=O) groups is 2. The number of fused-ring (bicyclic) bond motifs is 1. The number of carbonyl (C=O) groups excluding carboxylic acids is 1. The molecule has 0 radical (unpaired) electrons. The first kappa shape index (κ1) is 21.8. The number of hydrogen-bond donors (Lipinski definition) is 1. The molecule has 1 fully saturated rings. The third-order valence-electron chi connectivity index (χ3n) is 5.06. The standard InChI is InChI=1S/C21H31NO5Si2/c1-13(26-28(2,3)4)18-17-12-16(19(21(24)25)22(17)20(18)23)14-9-8-10-15(11-14)27-29(5,6)7/h8-11,13,17-18H,12H2,1-7H3,(H,24,25)/t13-,17-,18-/m1/s1. The summed E-state index contributed by atoms with van der Waals surface area (Å²) in [6.07, 6.45) is 0.305. The quantitative estimate of drug-likeness (QED) is 0.516. The van der Waals surface area contributed by atoms with Gasteiger partial charge in [0.05, 0.1) is 18.1 Å². The molecule has 2 aliphatic heterocycles. The van der Waals surface area contributed by atoms with Gasteiger partial charge in [0.1, 0.15) is 11.4 Å². The van der Waals surface area contributed by atoms with Crippen LogP contribution in [-0.2, 0) is 14.0 Å². The first-order valence-corrected chi connectivity index (χ1v) is 16.9. The molecular formula is C21H31NO5Si2. The number of rotatable bonds is 7. The molecule has 1 aromatic carbocycles. The number of β-lactam (4-membered cyclic amide) rings is 1. The van der Waals surface area contributed by atoms with Crippen LogP contribution in [0.5, 0.6) is 5.75 Å². The predicted molar refractivity (Wildman–Crippen MR) is 118 cm³/mol. The lowest BCUT2D eigenvalue weighted by Crippen LogP contribution is -2.63. The van der Waals surface area contributed by atoms with Crippen LogP contribution in [0.2, 0.25) is 39.3 Å². The van der Waals surface area contributed by atoms with Gasteiger partial charge in [-0.1, -0.05) is 12.1 Å². The zero-order valence-electron chi connectivity index (χ0n) is 18.3. The van der Waals surface area contributed by atoms with E-state index in [1.165, 1.54) is 4.90 Å². The second-order valence-electron chi connectivity index (χ2n) is 9.82. The Morgan fingerprint density at radius 1 is 1.17 bits per heavy atom. The fourth-order valence-corrected chi connectivity index (χ4v) is 6.34. The Morgan fingerprint density at radius 2 is 1.83 bits per heavy atom. The van der Waals surface area contributed by atoms with Gasteiger partial charge in [0.25, 0.3) is 0 Å². The Morgan fingerprint density at radius 3 is 2.38 bits per heavy atom. The van der Waals surface area contributed by atoms with Crippen molar-refractivity contribution < 1.29 is 23.5 Å². The molecule has 2 aliphatic rings. The van der Waals surface area contributed by atoms with Gasteiger partial charge in [-0.05, 0) is 75.9 Å². The number of nitrogens with zero attached hydrogens (tertiary/aromatic N) is 1. The van der Waals surface area contributed by atoms with E-state index in [0.717, 1.165) is 11.3 Å². The molecule has 2 heterocycles. The number of hydrogen-bond acceptors (Lipinski definition) is 4. The Hall–Kier alpha value is -1.91. The van der Waals surface area contributed by atoms with Crippen molar-refractivity contribution in [3.63, 3.8) is 0 Å². The molecule has 3 atom stereocenters. The van der Waals surface area contributed by atoms with Gasteiger partial charge in [0, 0.05) is 0 Å². The van der Waals surface area contributed by atoms with Crippen molar-refractivity contribution in [1.82, 2.24) is 4.90 Å². The van der Waals surface area contributed by atoms with Gasteiger partial charge in [0.15, 0.2) is 8.32 Å². The Kier molecular flexibility index (Phi) is 5.57. The summed E-state index contributed by atoms with van der Waals surface area (Å²) in [5.74, 6) is -0.770. The summed E-state index contributed by atoms with van der Waals surface area (Å²) in [5, 5.41) is 9.85. The lowest BCUT2D eigenvalue weighted by Gasteiger charge is -2.47. The molecule has 1 aromatic rings. The zero-order valence-corrected chi connectivity index (χ0v) is 20.3. The average Bonchev–Trinajstić information content (AvgIpc) is 2.87. The first-order valence-electron chi connectivity index (χ1n) is 10.1. The van der Waals surface area contributed by atoms with Crippen LogP contribution in [0.15, 0.2) is 30.0 Å². The van der Waals surface area contributed by atoms with Crippen LogP contribution in [0, 0.1) is 5.92 Å². The first-order chi connectivity index (χ1) is 13.3. The average molecular weight is 434 g/mol. The summed E-state index contributed by atoms with van der Waals surface area (Å²) < 4.78 is 12.2. The van der Waals surface area contributed by atoms with E-state index in [-0.39, 0.29) is 29.7 Å². The highest BCUT2D eigenvalue weighted by molar-refractivity contribution is 6.70. The summed E-state index contributed by atoms with van der Waals surface area (Å²) in [4.78, 5) is 26.4. The lowest BCUT2D eigenvalue weighted by molar-refractivity contribution is -0.160. The highest BCUT2D eigenvalue weighted by Crippen LogP contribution is 2.48. The largest absolute Gasteiger partial charge is 0.544 e. The van der Waals surface area contributed by atoms with Gasteiger partial charge in [-0.25, -0.2) is 4.79 Å². The molecule has 0 spiro atoms. The monoisotopic (exact) mass is 433 g/mol. The van der Waals surface area contributed by atoms with Crippen LogP contribution in [0.4, 0.5) is 0 Å². The van der Waals surface area contributed by atoms with Crippen molar-refractivity contribution in [2.24, 2.45) is 5.92 Å². The van der Waals surface area contributed by atoms with E-state index in [0.29, 0.717) is 12.0 Å². The van der Waals surface area contributed by atoms with Crippen LogP contribution in [0.3, 0.4) is 0 Å². The summed E-state index contributed by atoms with van der Waals surface area (Å²) in [7, 11) is -3.59. The maximum Gasteiger partial charge on any atom is 0.352 e. The number of carboxylic acids is 1. The third-order valence-corrected chi connectivity index (χ3v) is 6.99. The SMILES string of the molecule is C[C@@H](O[Si](C)(C)C)[C@H]1C(=O)N2C(C(=O)O)=C(c3cccc(O[Si](C)(C)C)c3)C[C@H]12. The Labute approximate surface area is 174 Å². The zero-order chi connectivity index (χ0) is 21.7. The molecule has 0 saturated carbocycles. The number of aliphatic carboxylic acids is 1. The molecule has 0 bridgehead atoms. The van der Waals surface area contributed by atoms with Crippen LogP contribution in [0.25, 0.3) is 5.57 Å². The fraction of sp³-hybridized carbons (Fsp3) is 0.524. The number of amides is 1. The topological polar surface area (TPSA) is 76.1 Å². The van der Waals surface area contributed by atoms with E-state index in [1.54, 1.807) is 0 Å².